The molecule has 0 amide bonds. The van der Waals surface area contributed by atoms with Gasteiger partial charge in [-0.25, -0.2) is 4.39 Å². The lowest BCUT2D eigenvalue weighted by Gasteiger charge is -2.32. The molecule has 1 saturated heterocycles. The quantitative estimate of drug-likeness (QED) is 0.492. The number of para-hydroxylation sites is 1. The first kappa shape index (κ1) is 21.1. The lowest BCUT2D eigenvalue weighted by molar-refractivity contribution is 0.00578. The maximum absolute atomic E-state index is 15.6. The molecule has 0 aliphatic carbocycles. The van der Waals surface area contributed by atoms with Crippen LogP contribution in [-0.4, -0.2) is 24.9 Å². The Labute approximate surface area is 175 Å². The lowest BCUT2D eigenvalue weighted by atomic mass is 9.82. The second-order valence-electron chi connectivity index (χ2n) is 7.84. The van der Waals surface area contributed by atoms with Crippen LogP contribution >= 0.6 is 15.9 Å². The van der Waals surface area contributed by atoms with Crippen molar-refractivity contribution in [1.82, 2.24) is 0 Å². The molecule has 2 aromatic carbocycles. The molecule has 1 aliphatic heterocycles. The SMILES string of the molecule is CC1(C)OB(C(F)=C(CCOc2ccccc2)c2cccc(Br)c2)OC1(C)C. The number of hydrogen-bond donors (Lipinski definition) is 0. The van der Waals surface area contributed by atoms with Gasteiger partial charge in [-0.1, -0.05) is 46.3 Å². The van der Waals surface area contributed by atoms with Crippen LogP contribution in [0.25, 0.3) is 5.57 Å². The van der Waals surface area contributed by atoms with Gasteiger partial charge in [-0.05, 0) is 63.1 Å². The Balaban J connectivity index is 1.86. The summed E-state index contributed by atoms with van der Waals surface area (Å²) < 4.78 is 34.1. The lowest BCUT2D eigenvalue weighted by Crippen LogP contribution is -2.41. The van der Waals surface area contributed by atoms with Crippen molar-refractivity contribution in [1.29, 1.82) is 0 Å². The Bertz CT molecular complexity index is 836. The zero-order chi connectivity index (χ0) is 20.4. The van der Waals surface area contributed by atoms with Crippen molar-refractivity contribution >= 4 is 28.6 Å². The smallest absolute Gasteiger partial charge is 0.493 e. The van der Waals surface area contributed by atoms with Crippen LogP contribution in [0.1, 0.15) is 39.7 Å². The highest BCUT2D eigenvalue weighted by Crippen LogP contribution is 2.40. The predicted molar refractivity (Wildman–Crippen MR) is 115 cm³/mol. The summed E-state index contributed by atoms with van der Waals surface area (Å²) in [4.78, 5) is 0. The van der Waals surface area contributed by atoms with E-state index in [2.05, 4.69) is 15.9 Å². The van der Waals surface area contributed by atoms with Gasteiger partial charge in [-0.2, -0.15) is 0 Å². The molecular weight excluding hydrogens is 422 g/mol. The van der Waals surface area contributed by atoms with E-state index in [9.17, 15) is 0 Å². The zero-order valence-electron chi connectivity index (χ0n) is 16.7. The predicted octanol–water partition coefficient (Wildman–Crippen LogP) is 6.23. The molecule has 0 bridgehead atoms. The van der Waals surface area contributed by atoms with Crippen molar-refractivity contribution in [2.24, 2.45) is 0 Å². The minimum absolute atomic E-state index is 0.346. The van der Waals surface area contributed by atoms with Crippen LogP contribution < -0.4 is 4.74 Å². The highest BCUT2D eigenvalue weighted by molar-refractivity contribution is 9.10. The Kier molecular flexibility index (Phi) is 6.32. The zero-order valence-corrected chi connectivity index (χ0v) is 18.3. The molecule has 3 nitrogen and oxygen atoms in total. The summed E-state index contributed by atoms with van der Waals surface area (Å²) >= 11 is 3.47. The second-order valence-corrected chi connectivity index (χ2v) is 8.75. The van der Waals surface area contributed by atoms with Crippen molar-refractivity contribution in [2.75, 3.05) is 6.61 Å². The Morgan fingerprint density at radius 1 is 1.00 bits per heavy atom. The molecular formula is C22H25BBrFO3. The van der Waals surface area contributed by atoms with Gasteiger partial charge in [-0.3, -0.25) is 0 Å². The van der Waals surface area contributed by atoms with Crippen LogP contribution in [0.2, 0.25) is 0 Å². The molecule has 0 saturated carbocycles. The summed E-state index contributed by atoms with van der Waals surface area (Å²) in [5, 5.41) is 0. The molecule has 2 aromatic rings. The monoisotopic (exact) mass is 446 g/mol. The largest absolute Gasteiger partial charge is 0.525 e. The van der Waals surface area contributed by atoms with Gasteiger partial charge >= 0.3 is 7.12 Å². The van der Waals surface area contributed by atoms with Gasteiger partial charge in [0.25, 0.3) is 0 Å². The fourth-order valence-corrected chi connectivity index (χ4v) is 3.35. The molecule has 1 heterocycles. The Morgan fingerprint density at radius 3 is 2.25 bits per heavy atom. The van der Waals surface area contributed by atoms with Gasteiger partial charge in [-0.15, -0.1) is 0 Å². The number of rotatable bonds is 6. The maximum Gasteiger partial charge on any atom is 0.525 e. The third-order valence-corrected chi connectivity index (χ3v) is 5.78. The standard InChI is InChI=1S/C22H25BBrFO3/c1-21(2)22(3,4)28-23(27-21)20(25)19(16-9-8-10-17(24)15-16)13-14-26-18-11-6-5-7-12-18/h5-12,15H,13-14H2,1-4H3. The summed E-state index contributed by atoms with van der Waals surface area (Å²) in [5.41, 5.74) is -0.307. The van der Waals surface area contributed by atoms with E-state index < -0.39 is 24.0 Å². The molecule has 0 spiro atoms. The number of hydrogen-bond acceptors (Lipinski definition) is 3. The summed E-state index contributed by atoms with van der Waals surface area (Å²) in [5.74, 6) is 0.757. The average molecular weight is 447 g/mol. The molecule has 0 atom stereocenters. The first-order valence-corrected chi connectivity index (χ1v) is 10.2. The maximum atomic E-state index is 15.6. The van der Waals surface area contributed by atoms with Crippen LogP contribution in [-0.2, 0) is 9.31 Å². The van der Waals surface area contributed by atoms with Gasteiger partial charge in [0.2, 0.25) is 0 Å². The van der Waals surface area contributed by atoms with E-state index in [1.165, 1.54) is 0 Å². The first-order chi connectivity index (χ1) is 13.2. The van der Waals surface area contributed by atoms with Gasteiger partial charge in [0, 0.05) is 10.9 Å². The Morgan fingerprint density at radius 2 is 1.64 bits per heavy atom. The second kappa shape index (κ2) is 8.40. The highest BCUT2D eigenvalue weighted by atomic mass is 79.9. The average Bonchev–Trinajstić information content (AvgIpc) is 2.87. The fourth-order valence-electron chi connectivity index (χ4n) is 2.95. The minimum Gasteiger partial charge on any atom is -0.493 e. The van der Waals surface area contributed by atoms with Crippen molar-refractivity contribution < 1.29 is 18.4 Å². The van der Waals surface area contributed by atoms with Crippen LogP contribution in [0.15, 0.2) is 64.8 Å². The van der Waals surface area contributed by atoms with Crippen molar-refractivity contribution in [3.63, 3.8) is 0 Å². The van der Waals surface area contributed by atoms with E-state index in [4.69, 9.17) is 14.0 Å². The normalized spacial score (nSPS) is 18.7. The third kappa shape index (κ3) is 4.67. The molecule has 1 fully saturated rings. The molecule has 3 rings (SSSR count). The van der Waals surface area contributed by atoms with Crippen molar-refractivity contribution in [2.45, 2.75) is 45.3 Å². The summed E-state index contributed by atoms with van der Waals surface area (Å²) in [6, 6.07) is 17.1. The van der Waals surface area contributed by atoms with Crippen LogP contribution in [0.3, 0.4) is 0 Å². The van der Waals surface area contributed by atoms with Gasteiger partial charge < -0.3 is 14.0 Å². The van der Waals surface area contributed by atoms with Crippen LogP contribution in [0.5, 0.6) is 5.75 Å². The number of benzene rings is 2. The molecule has 148 valence electrons. The molecule has 0 aromatic heterocycles. The summed E-state index contributed by atoms with van der Waals surface area (Å²) in [6.07, 6.45) is 0.390. The molecule has 6 heteroatoms. The minimum atomic E-state index is -1.03. The van der Waals surface area contributed by atoms with E-state index in [-0.39, 0.29) is 0 Å². The molecule has 0 radical (unpaired) electrons. The van der Waals surface area contributed by atoms with E-state index in [1.807, 2.05) is 82.3 Å². The first-order valence-electron chi connectivity index (χ1n) is 9.37. The topological polar surface area (TPSA) is 27.7 Å². The third-order valence-electron chi connectivity index (χ3n) is 5.29. The molecule has 0 unspecified atom stereocenters. The van der Waals surface area contributed by atoms with E-state index in [0.29, 0.717) is 18.6 Å². The van der Waals surface area contributed by atoms with Crippen molar-refractivity contribution in [3.05, 3.63) is 70.4 Å². The summed E-state index contributed by atoms with van der Waals surface area (Å²) in [6.45, 7) is 8.00. The van der Waals surface area contributed by atoms with Gasteiger partial charge in [0.15, 0.2) is 0 Å². The molecule has 28 heavy (non-hydrogen) atoms. The van der Waals surface area contributed by atoms with Crippen LogP contribution in [0.4, 0.5) is 4.39 Å². The van der Waals surface area contributed by atoms with E-state index in [0.717, 1.165) is 15.8 Å². The molecule has 0 N–H and O–H groups in total. The highest BCUT2D eigenvalue weighted by Gasteiger charge is 2.53. The number of halogens is 2. The Hall–Kier alpha value is -1.63. The molecule has 1 aliphatic rings. The van der Waals surface area contributed by atoms with Gasteiger partial charge in [0.1, 0.15) is 11.5 Å². The van der Waals surface area contributed by atoms with Gasteiger partial charge in [0.05, 0.1) is 17.8 Å². The summed E-state index contributed by atoms with van der Waals surface area (Å²) in [7, 11) is -1.03. The van der Waals surface area contributed by atoms with E-state index in [1.54, 1.807) is 0 Å². The number of ether oxygens (including phenoxy) is 1. The van der Waals surface area contributed by atoms with E-state index >= 15 is 4.39 Å². The fraction of sp³-hybridized carbons (Fsp3) is 0.364. The van der Waals surface area contributed by atoms with Crippen molar-refractivity contribution in [3.8, 4) is 5.75 Å². The van der Waals surface area contributed by atoms with Crippen LogP contribution in [0, 0.1) is 0 Å².